The molecule has 1 nitrogen and oxygen atoms in total. The number of thioether (sulfide) groups is 1. The van der Waals surface area contributed by atoms with Gasteiger partial charge in [0.05, 0.1) is 5.02 Å². The van der Waals surface area contributed by atoms with Crippen LogP contribution >= 0.6 is 23.4 Å². The molecular weight excluding hydrogens is 214 g/mol. The third-order valence-electron chi connectivity index (χ3n) is 1.95. The van der Waals surface area contributed by atoms with Gasteiger partial charge in [0.2, 0.25) is 0 Å². The molecule has 14 heavy (non-hydrogen) atoms. The van der Waals surface area contributed by atoms with Gasteiger partial charge < -0.3 is 5.73 Å². The molecular formula is C11H16ClNS. The molecule has 0 amide bonds. The maximum atomic E-state index is 6.02. The monoisotopic (exact) mass is 229 g/mol. The van der Waals surface area contributed by atoms with Crippen LogP contribution in [0.15, 0.2) is 29.2 Å². The largest absolute Gasteiger partial charge is 0.327 e. The maximum Gasteiger partial charge on any atom is 0.0541 e. The molecule has 0 spiro atoms. The van der Waals surface area contributed by atoms with Gasteiger partial charge in [-0.3, -0.25) is 0 Å². The third-order valence-corrected chi connectivity index (χ3v) is 3.65. The van der Waals surface area contributed by atoms with Gasteiger partial charge in [0.15, 0.2) is 0 Å². The Morgan fingerprint density at radius 2 is 2.14 bits per heavy atom. The number of halogens is 1. The van der Waals surface area contributed by atoms with E-state index >= 15 is 0 Å². The Morgan fingerprint density at radius 1 is 1.43 bits per heavy atom. The maximum absolute atomic E-state index is 6.02. The predicted octanol–water partition coefficient (Wildman–Crippen LogP) is 3.56. The highest BCUT2D eigenvalue weighted by Gasteiger charge is 2.04. The lowest BCUT2D eigenvalue weighted by Gasteiger charge is -2.10. The van der Waals surface area contributed by atoms with Crippen molar-refractivity contribution in [2.45, 2.75) is 30.7 Å². The SMILES string of the molecule is CCC[C@@H](N)CSc1ccccc1Cl. The molecule has 1 aromatic carbocycles. The first-order chi connectivity index (χ1) is 6.74. The van der Waals surface area contributed by atoms with Gasteiger partial charge in [0, 0.05) is 16.7 Å². The molecule has 1 rings (SSSR count). The van der Waals surface area contributed by atoms with Crippen molar-refractivity contribution in [2.75, 3.05) is 5.75 Å². The minimum atomic E-state index is 0.279. The molecule has 0 radical (unpaired) electrons. The smallest absolute Gasteiger partial charge is 0.0541 e. The van der Waals surface area contributed by atoms with E-state index in [2.05, 4.69) is 6.92 Å². The summed E-state index contributed by atoms with van der Waals surface area (Å²) in [5.74, 6) is 0.942. The van der Waals surface area contributed by atoms with Crippen molar-refractivity contribution in [1.29, 1.82) is 0 Å². The Bertz CT molecular complexity index is 278. The van der Waals surface area contributed by atoms with Crippen molar-refractivity contribution in [1.82, 2.24) is 0 Å². The molecule has 1 atom stereocenters. The van der Waals surface area contributed by atoms with E-state index in [4.69, 9.17) is 17.3 Å². The highest BCUT2D eigenvalue weighted by Crippen LogP contribution is 2.27. The van der Waals surface area contributed by atoms with Gasteiger partial charge in [-0.15, -0.1) is 11.8 Å². The lowest BCUT2D eigenvalue weighted by molar-refractivity contribution is 0.661. The molecule has 0 bridgehead atoms. The van der Waals surface area contributed by atoms with Gasteiger partial charge in [-0.2, -0.15) is 0 Å². The minimum Gasteiger partial charge on any atom is -0.327 e. The van der Waals surface area contributed by atoms with Crippen molar-refractivity contribution in [2.24, 2.45) is 5.73 Å². The van der Waals surface area contributed by atoms with Crippen LogP contribution in [0.4, 0.5) is 0 Å². The third kappa shape index (κ3) is 3.91. The quantitative estimate of drug-likeness (QED) is 0.782. The highest BCUT2D eigenvalue weighted by molar-refractivity contribution is 7.99. The summed E-state index contributed by atoms with van der Waals surface area (Å²) < 4.78 is 0. The number of hydrogen-bond acceptors (Lipinski definition) is 2. The first-order valence-corrected chi connectivity index (χ1v) is 6.23. The molecule has 0 aliphatic heterocycles. The molecule has 3 heteroatoms. The van der Waals surface area contributed by atoms with Crippen LogP contribution in [0.25, 0.3) is 0 Å². The molecule has 0 aliphatic rings. The molecule has 78 valence electrons. The molecule has 2 N–H and O–H groups in total. The molecule has 1 aromatic rings. The van der Waals surface area contributed by atoms with Crippen LogP contribution in [-0.4, -0.2) is 11.8 Å². The predicted molar refractivity (Wildman–Crippen MR) is 65.1 cm³/mol. The summed E-state index contributed by atoms with van der Waals surface area (Å²) in [6, 6.07) is 8.17. The Kier molecular flexibility index (Phi) is 5.38. The Balaban J connectivity index is 2.41. The Labute approximate surface area is 95.0 Å². The highest BCUT2D eigenvalue weighted by atomic mass is 35.5. The van der Waals surface area contributed by atoms with Crippen molar-refractivity contribution in [3.8, 4) is 0 Å². The van der Waals surface area contributed by atoms with Gasteiger partial charge in [-0.1, -0.05) is 37.1 Å². The summed E-state index contributed by atoms with van der Waals surface area (Å²) in [7, 11) is 0. The molecule has 0 aromatic heterocycles. The second-order valence-corrected chi connectivity index (χ2v) is 4.76. The molecule has 0 fully saturated rings. The van der Waals surface area contributed by atoms with Crippen molar-refractivity contribution >= 4 is 23.4 Å². The summed E-state index contributed by atoms with van der Waals surface area (Å²) in [6.45, 7) is 2.15. The average Bonchev–Trinajstić information content (AvgIpc) is 2.17. The zero-order chi connectivity index (χ0) is 10.4. The lowest BCUT2D eigenvalue weighted by Crippen LogP contribution is -2.22. The zero-order valence-corrected chi connectivity index (χ0v) is 9.94. The minimum absolute atomic E-state index is 0.279. The van der Waals surface area contributed by atoms with Crippen molar-refractivity contribution in [3.63, 3.8) is 0 Å². The van der Waals surface area contributed by atoms with Gasteiger partial charge in [0.1, 0.15) is 0 Å². The van der Waals surface area contributed by atoms with Crippen molar-refractivity contribution in [3.05, 3.63) is 29.3 Å². The van der Waals surface area contributed by atoms with E-state index in [1.807, 2.05) is 24.3 Å². The Morgan fingerprint density at radius 3 is 2.79 bits per heavy atom. The van der Waals surface area contributed by atoms with E-state index in [-0.39, 0.29) is 6.04 Å². The van der Waals surface area contributed by atoms with Crippen LogP contribution in [0.1, 0.15) is 19.8 Å². The van der Waals surface area contributed by atoms with Crippen LogP contribution in [0.3, 0.4) is 0 Å². The molecule has 0 unspecified atom stereocenters. The van der Waals surface area contributed by atoms with E-state index in [0.717, 1.165) is 28.5 Å². The fraction of sp³-hybridized carbons (Fsp3) is 0.455. The molecule has 0 saturated carbocycles. The van der Waals surface area contributed by atoms with E-state index < -0.39 is 0 Å². The summed E-state index contributed by atoms with van der Waals surface area (Å²) in [5, 5.41) is 0.821. The lowest BCUT2D eigenvalue weighted by atomic mass is 10.2. The summed E-state index contributed by atoms with van der Waals surface area (Å²) in [6.07, 6.45) is 2.22. The second kappa shape index (κ2) is 6.33. The number of hydrogen-bond donors (Lipinski definition) is 1. The molecule has 0 heterocycles. The fourth-order valence-electron chi connectivity index (χ4n) is 1.21. The van der Waals surface area contributed by atoms with Crippen LogP contribution in [0.2, 0.25) is 5.02 Å². The van der Waals surface area contributed by atoms with Gasteiger partial charge in [-0.05, 0) is 18.6 Å². The summed E-state index contributed by atoms with van der Waals surface area (Å²) >= 11 is 7.76. The topological polar surface area (TPSA) is 26.0 Å². The second-order valence-electron chi connectivity index (χ2n) is 3.29. The Hall–Kier alpha value is -0.180. The summed E-state index contributed by atoms with van der Waals surface area (Å²) in [4.78, 5) is 1.13. The normalized spacial score (nSPS) is 12.8. The van der Waals surface area contributed by atoms with E-state index in [0.29, 0.717) is 0 Å². The first-order valence-electron chi connectivity index (χ1n) is 4.87. The van der Waals surface area contributed by atoms with Crippen LogP contribution in [-0.2, 0) is 0 Å². The van der Waals surface area contributed by atoms with Gasteiger partial charge >= 0.3 is 0 Å². The molecule has 0 saturated heterocycles. The van der Waals surface area contributed by atoms with E-state index in [1.165, 1.54) is 0 Å². The van der Waals surface area contributed by atoms with Gasteiger partial charge in [-0.25, -0.2) is 0 Å². The summed E-state index contributed by atoms with van der Waals surface area (Å²) in [5.41, 5.74) is 5.92. The van der Waals surface area contributed by atoms with Crippen LogP contribution in [0.5, 0.6) is 0 Å². The zero-order valence-electron chi connectivity index (χ0n) is 8.37. The number of nitrogens with two attached hydrogens (primary N) is 1. The standard InChI is InChI=1S/C11H16ClNS/c1-2-5-9(13)8-14-11-7-4-3-6-10(11)12/h3-4,6-7,9H,2,5,8,13H2,1H3/t9-/m1/s1. The van der Waals surface area contributed by atoms with E-state index in [1.54, 1.807) is 11.8 Å². The van der Waals surface area contributed by atoms with Crippen LogP contribution in [0, 0.1) is 0 Å². The average molecular weight is 230 g/mol. The molecule has 0 aliphatic carbocycles. The van der Waals surface area contributed by atoms with Crippen molar-refractivity contribution < 1.29 is 0 Å². The van der Waals surface area contributed by atoms with Crippen LogP contribution < -0.4 is 5.73 Å². The fourth-order valence-corrected chi connectivity index (χ4v) is 2.45. The van der Waals surface area contributed by atoms with Gasteiger partial charge in [0.25, 0.3) is 0 Å². The van der Waals surface area contributed by atoms with E-state index in [9.17, 15) is 0 Å². The number of rotatable bonds is 5. The number of benzene rings is 1. The first kappa shape index (κ1) is 11.9.